The molecule has 0 aliphatic heterocycles. The first-order valence-corrected chi connectivity index (χ1v) is 7.73. The molecule has 1 atom stereocenters. The molecule has 0 amide bonds. The van der Waals surface area contributed by atoms with Crippen molar-refractivity contribution < 1.29 is 0 Å². The minimum atomic E-state index is 0.332. The van der Waals surface area contributed by atoms with Crippen molar-refractivity contribution in [2.75, 3.05) is 39.3 Å². The molecule has 110 valence electrons. The van der Waals surface area contributed by atoms with Crippen LogP contribution in [0.25, 0.3) is 0 Å². The average Bonchev–Trinajstić information content (AvgIpc) is 2.32. The minimum Gasteiger partial charge on any atom is -0.327 e. The van der Waals surface area contributed by atoms with Crippen molar-refractivity contribution in [2.24, 2.45) is 11.7 Å². The van der Waals surface area contributed by atoms with Crippen LogP contribution in [0.2, 0.25) is 0 Å². The van der Waals surface area contributed by atoms with E-state index in [1.807, 2.05) is 0 Å². The van der Waals surface area contributed by atoms with E-state index in [-0.39, 0.29) is 0 Å². The van der Waals surface area contributed by atoms with Crippen LogP contribution in [0.5, 0.6) is 0 Å². The van der Waals surface area contributed by atoms with Gasteiger partial charge >= 0.3 is 0 Å². The second kappa shape index (κ2) is 10.8. The van der Waals surface area contributed by atoms with Gasteiger partial charge < -0.3 is 15.5 Å². The lowest BCUT2D eigenvalue weighted by molar-refractivity contribution is 0.228. The molecule has 0 aromatic rings. The molecular formula is C15H35N3. The van der Waals surface area contributed by atoms with Crippen LogP contribution in [0.4, 0.5) is 0 Å². The van der Waals surface area contributed by atoms with Crippen LogP contribution in [0.1, 0.15) is 47.5 Å². The van der Waals surface area contributed by atoms with Gasteiger partial charge in [-0.25, -0.2) is 0 Å². The van der Waals surface area contributed by atoms with Gasteiger partial charge in [0.1, 0.15) is 0 Å². The van der Waals surface area contributed by atoms with Crippen LogP contribution in [0, 0.1) is 5.92 Å². The molecule has 0 aliphatic carbocycles. The van der Waals surface area contributed by atoms with E-state index < -0.39 is 0 Å². The number of hydrogen-bond acceptors (Lipinski definition) is 3. The fourth-order valence-corrected chi connectivity index (χ4v) is 2.45. The highest BCUT2D eigenvalue weighted by Gasteiger charge is 2.10. The summed E-state index contributed by atoms with van der Waals surface area (Å²) in [7, 11) is 0. The van der Waals surface area contributed by atoms with Crippen molar-refractivity contribution in [2.45, 2.75) is 53.5 Å². The SMILES string of the molecule is CCN(CC)CCCN(CC)C[C@@H](N)CC(C)C. The predicted molar refractivity (Wildman–Crippen MR) is 81.9 cm³/mol. The molecule has 3 heteroatoms. The van der Waals surface area contributed by atoms with E-state index in [2.05, 4.69) is 44.4 Å². The van der Waals surface area contributed by atoms with Crippen molar-refractivity contribution in [3.8, 4) is 0 Å². The summed E-state index contributed by atoms with van der Waals surface area (Å²) in [6.07, 6.45) is 2.39. The second-order valence-electron chi connectivity index (χ2n) is 5.66. The van der Waals surface area contributed by atoms with Crippen molar-refractivity contribution in [1.82, 2.24) is 9.80 Å². The number of nitrogens with zero attached hydrogens (tertiary/aromatic N) is 2. The normalized spacial score (nSPS) is 13.8. The van der Waals surface area contributed by atoms with Crippen molar-refractivity contribution >= 4 is 0 Å². The maximum atomic E-state index is 6.18. The second-order valence-corrected chi connectivity index (χ2v) is 5.66. The van der Waals surface area contributed by atoms with Gasteiger partial charge in [-0.1, -0.05) is 34.6 Å². The van der Waals surface area contributed by atoms with E-state index in [0.29, 0.717) is 12.0 Å². The summed E-state index contributed by atoms with van der Waals surface area (Å²) in [6, 6.07) is 0.332. The van der Waals surface area contributed by atoms with Crippen molar-refractivity contribution in [3.63, 3.8) is 0 Å². The quantitative estimate of drug-likeness (QED) is 0.617. The zero-order chi connectivity index (χ0) is 14.0. The summed E-state index contributed by atoms with van der Waals surface area (Å²) in [5, 5.41) is 0. The van der Waals surface area contributed by atoms with Crippen LogP contribution in [0.15, 0.2) is 0 Å². The van der Waals surface area contributed by atoms with Crippen molar-refractivity contribution in [3.05, 3.63) is 0 Å². The highest BCUT2D eigenvalue weighted by molar-refractivity contribution is 4.69. The molecule has 0 spiro atoms. The van der Waals surface area contributed by atoms with Gasteiger partial charge in [-0.05, 0) is 51.5 Å². The number of hydrogen-bond donors (Lipinski definition) is 1. The highest BCUT2D eigenvalue weighted by atomic mass is 15.1. The molecule has 2 N–H and O–H groups in total. The molecule has 0 unspecified atom stereocenters. The number of likely N-dealkylation sites (N-methyl/N-ethyl adjacent to an activating group) is 1. The van der Waals surface area contributed by atoms with Crippen LogP contribution in [0.3, 0.4) is 0 Å². The van der Waals surface area contributed by atoms with Gasteiger partial charge in [0, 0.05) is 12.6 Å². The Morgan fingerprint density at radius 2 is 1.39 bits per heavy atom. The zero-order valence-corrected chi connectivity index (χ0v) is 13.3. The first-order chi connectivity index (χ1) is 8.53. The predicted octanol–water partition coefficient (Wildman–Crippen LogP) is 2.41. The topological polar surface area (TPSA) is 32.5 Å². The van der Waals surface area contributed by atoms with Gasteiger partial charge in [-0.2, -0.15) is 0 Å². The van der Waals surface area contributed by atoms with E-state index in [0.717, 1.165) is 32.6 Å². The van der Waals surface area contributed by atoms with Gasteiger partial charge in [0.05, 0.1) is 0 Å². The first kappa shape index (κ1) is 17.9. The fraction of sp³-hybridized carbons (Fsp3) is 1.00. The lowest BCUT2D eigenvalue weighted by Crippen LogP contribution is -2.39. The van der Waals surface area contributed by atoms with Crippen LogP contribution < -0.4 is 5.73 Å². The molecule has 0 saturated heterocycles. The summed E-state index contributed by atoms with van der Waals surface area (Å²) in [6.45, 7) is 18.1. The summed E-state index contributed by atoms with van der Waals surface area (Å²) in [5.74, 6) is 0.703. The van der Waals surface area contributed by atoms with E-state index in [1.54, 1.807) is 0 Å². The zero-order valence-electron chi connectivity index (χ0n) is 13.3. The summed E-state index contributed by atoms with van der Waals surface area (Å²) >= 11 is 0. The Hall–Kier alpha value is -0.120. The van der Waals surface area contributed by atoms with Gasteiger partial charge in [0.25, 0.3) is 0 Å². The van der Waals surface area contributed by atoms with E-state index in [9.17, 15) is 0 Å². The molecule has 0 rings (SSSR count). The molecule has 0 fully saturated rings. The van der Waals surface area contributed by atoms with Gasteiger partial charge in [-0.3, -0.25) is 0 Å². The van der Waals surface area contributed by atoms with E-state index in [1.165, 1.54) is 19.5 Å². The molecule has 0 radical (unpaired) electrons. The summed E-state index contributed by atoms with van der Waals surface area (Å²) in [4.78, 5) is 4.98. The highest BCUT2D eigenvalue weighted by Crippen LogP contribution is 2.05. The Kier molecular flexibility index (Phi) is 10.7. The van der Waals surface area contributed by atoms with Gasteiger partial charge in [0.15, 0.2) is 0 Å². The Balaban J connectivity index is 3.82. The summed E-state index contributed by atoms with van der Waals surface area (Å²) < 4.78 is 0. The Morgan fingerprint density at radius 3 is 1.83 bits per heavy atom. The molecule has 0 heterocycles. The maximum Gasteiger partial charge on any atom is 0.0170 e. The van der Waals surface area contributed by atoms with E-state index in [4.69, 9.17) is 5.73 Å². The maximum absolute atomic E-state index is 6.18. The molecule has 0 aliphatic rings. The summed E-state index contributed by atoms with van der Waals surface area (Å²) in [5.41, 5.74) is 6.18. The number of rotatable bonds is 11. The third-order valence-corrected chi connectivity index (χ3v) is 3.56. The lowest BCUT2D eigenvalue weighted by atomic mass is 10.0. The Morgan fingerprint density at radius 1 is 0.889 bits per heavy atom. The van der Waals surface area contributed by atoms with E-state index >= 15 is 0 Å². The molecule has 18 heavy (non-hydrogen) atoms. The van der Waals surface area contributed by atoms with Crippen LogP contribution in [-0.2, 0) is 0 Å². The monoisotopic (exact) mass is 257 g/mol. The third kappa shape index (κ3) is 8.90. The molecular weight excluding hydrogens is 222 g/mol. The first-order valence-electron chi connectivity index (χ1n) is 7.73. The van der Waals surface area contributed by atoms with Crippen molar-refractivity contribution in [1.29, 1.82) is 0 Å². The molecule has 0 aromatic heterocycles. The average molecular weight is 257 g/mol. The molecule has 0 aromatic carbocycles. The van der Waals surface area contributed by atoms with Gasteiger partial charge in [0.2, 0.25) is 0 Å². The molecule has 0 bridgehead atoms. The largest absolute Gasteiger partial charge is 0.327 e. The molecule has 3 nitrogen and oxygen atoms in total. The van der Waals surface area contributed by atoms with Crippen LogP contribution >= 0.6 is 0 Å². The van der Waals surface area contributed by atoms with Gasteiger partial charge in [-0.15, -0.1) is 0 Å². The number of nitrogens with two attached hydrogens (primary N) is 1. The lowest BCUT2D eigenvalue weighted by Gasteiger charge is -2.26. The Labute approximate surface area is 115 Å². The molecule has 0 saturated carbocycles. The minimum absolute atomic E-state index is 0.332. The third-order valence-electron chi connectivity index (χ3n) is 3.56. The fourth-order valence-electron chi connectivity index (χ4n) is 2.45. The smallest absolute Gasteiger partial charge is 0.0170 e. The standard InChI is InChI=1S/C15H35N3/c1-6-17(7-2)10-9-11-18(8-3)13-15(16)12-14(4)5/h14-15H,6-13,16H2,1-5H3/t15-/m0/s1. The van der Waals surface area contributed by atoms with Crippen LogP contribution in [-0.4, -0.2) is 55.1 Å². The Bertz CT molecular complexity index is 179.